The summed E-state index contributed by atoms with van der Waals surface area (Å²) in [6.45, 7) is 0. The molecule has 0 aliphatic heterocycles. The Morgan fingerprint density at radius 3 is 2.07 bits per heavy atom. The van der Waals surface area contributed by atoms with Gasteiger partial charge in [0.15, 0.2) is 0 Å². The lowest BCUT2D eigenvalue weighted by Gasteiger charge is -2.11. The van der Waals surface area contributed by atoms with E-state index in [0.717, 1.165) is 38.6 Å². The van der Waals surface area contributed by atoms with Crippen LogP contribution in [0.3, 0.4) is 0 Å². The molecular formula is C38H21N3OS. The maximum atomic E-state index is 6.41. The van der Waals surface area contributed by atoms with E-state index in [1.807, 2.05) is 35.6 Å². The molecule has 4 heterocycles. The van der Waals surface area contributed by atoms with Crippen LogP contribution >= 0.6 is 11.3 Å². The maximum absolute atomic E-state index is 6.41. The Hall–Kier alpha value is -5.52. The van der Waals surface area contributed by atoms with Crippen LogP contribution in [0.2, 0.25) is 0 Å². The van der Waals surface area contributed by atoms with Crippen molar-refractivity contribution in [2.24, 2.45) is 0 Å². The monoisotopic (exact) mass is 567 g/mol. The lowest BCUT2D eigenvalue weighted by molar-refractivity contribution is 0.651. The average molecular weight is 568 g/mol. The molecule has 0 aliphatic carbocycles. The minimum absolute atomic E-state index is 0.586. The topological polar surface area (TPSA) is 43.9 Å². The lowest BCUT2D eigenvalue weighted by atomic mass is 10.00. The number of aromatic nitrogens is 3. The Morgan fingerprint density at radius 1 is 0.535 bits per heavy atom. The smallest absolute Gasteiger partial charge is 0.238 e. The molecule has 4 aromatic heterocycles. The van der Waals surface area contributed by atoms with Gasteiger partial charge < -0.3 is 4.42 Å². The fraction of sp³-hybridized carbons (Fsp3) is 0. The zero-order chi connectivity index (χ0) is 28.1. The second-order valence-electron chi connectivity index (χ2n) is 10.9. The molecule has 0 amide bonds. The molecule has 0 aliphatic rings. The van der Waals surface area contributed by atoms with Crippen LogP contribution in [-0.4, -0.2) is 14.5 Å². The summed E-state index contributed by atoms with van der Waals surface area (Å²) >= 11 is 1.86. The Balaban J connectivity index is 1.44. The predicted molar refractivity (Wildman–Crippen MR) is 179 cm³/mol. The zero-order valence-electron chi connectivity index (χ0n) is 22.8. The van der Waals surface area contributed by atoms with Crippen molar-refractivity contribution in [2.45, 2.75) is 0 Å². The molecule has 4 nitrogen and oxygen atoms in total. The molecule has 43 heavy (non-hydrogen) atoms. The number of fused-ring (bicyclic) bond motifs is 13. The molecular weight excluding hydrogens is 547 g/mol. The second-order valence-corrected chi connectivity index (χ2v) is 12.0. The number of para-hydroxylation sites is 2. The summed E-state index contributed by atoms with van der Waals surface area (Å²) in [6, 6.07) is 44.6. The van der Waals surface area contributed by atoms with Crippen LogP contribution in [0.15, 0.2) is 132 Å². The third kappa shape index (κ3) is 3.09. The Labute approximate surface area is 249 Å². The van der Waals surface area contributed by atoms with Crippen LogP contribution in [-0.2, 0) is 0 Å². The molecule has 0 bridgehead atoms. The third-order valence-electron chi connectivity index (χ3n) is 8.62. The third-order valence-corrected chi connectivity index (χ3v) is 9.81. The van der Waals surface area contributed by atoms with Crippen molar-refractivity contribution in [3.8, 4) is 17.2 Å². The Kier molecular flexibility index (Phi) is 4.57. The van der Waals surface area contributed by atoms with Gasteiger partial charge in [0.2, 0.25) is 11.7 Å². The van der Waals surface area contributed by atoms with E-state index in [4.69, 9.17) is 14.4 Å². The molecule has 0 saturated heterocycles. The maximum Gasteiger partial charge on any atom is 0.238 e. The van der Waals surface area contributed by atoms with Gasteiger partial charge in [0, 0.05) is 47.3 Å². The van der Waals surface area contributed by atoms with Gasteiger partial charge in [-0.1, -0.05) is 109 Å². The highest BCUT2D eigenvalue weighted by molar-refractivity contribution is 7.27. The van der Waals surface area contributed by atoms with Gasteiger partial charge in [0.25, 0.3) is 0 Å². The van der Waals surface area contributed by atoms with E-state index in [1.165, 1.54) is 41.7 Å². The molecule has 10 rings (SSSR count). The van der Waals surface area contributed by atoms with E-state index in [1.54, 1.807) is 0 Å². The number of nitrogens with zero attached hydrogens (tertiary/aromatic N) is 3. The van der Waals surface area contributed by atoms with Crippen LogP contribution in [0.1, 0.15) is 0 Å². The normalized spacial score (nSPS) is 12.2. The van der Waals surface area contributed by atoms with Crippen LogP contribution in [0, 0.1) is 0 Å². The minimum atomic E-state index is 0.586. The predicted octanol–water partition coefficient (Wildman–Crippen LogP) is 10.7. The fourth-order valence-electron chi connectivity index (χ4n) is 6.85. The Bertz CT molecular complexity index is 2730. The molecule has 6 aromatic carbocycles. The number of hydrogen-bond donors (Lipinski definition) is 0. The summed E-state index contributed by atoms with van der Waals surface area (Å²) in [7, 11) is 0. The fourth-order valence-corrected chi connectivity index (χ4v) is 8.12. The molecule has 0 atom stereocenters. The van der Waals surface area contributed by atoms with E-state index in [0.29, 0.717) is 11.7 Å². The van der Waals surface area contributed by atoms with Crippen molar-refractivity contribution in [3.05, 3.63) is 127 Å². The minimum Gasteiger partial charge on any atom is -0.437 e. The van der Waals surface area contributed by atoms with Crippen molar-refractivity contribution in [3.63, 3.8) is 0 Å². The highest BCUT2D eigenvalue weighted by Crippen LogP contribution is 2.48. The van der Waals surface area contributed by atoms with Gasteiger partial charge in [-0.2, -0.15) is 4.98 Å². The summed E-state index contributed by atoms with van der Waals surface area (Å²) < 4.78 is 11.2. The first-order valence-electron chi connectivity index (χ1n) is 14.4. The molecule has 0 unspecified atom stereocenters. The lowest BCUT2D eigenvalue weighted by Crippen LogP contribution is -2.03. The molecule has 0 radical (unpaired) electrons. The largest absolute Gasteiger partial charge is 0.437 e. The summed E-state index contributed by atoms with van der Waals surface area (Å²) in [5.41, 5.74) is 5.47. The first kappa shape index (κ1) is 23.1. The van der Waals surface area contributed by atoms with Crippen LogP contribution in [0.5, 0.6) is 0 Å². The van der Waals surface area contributed by atoms with E-state index in [-0.39, 0.29) is 0 Å². The van der Waals surface area contributed by atoms with Gasteiger partial charge in [0.1, 0.15) is 5.58 Å². The first-order valence-corrected chi connectivity index (χ1v) is 15.2. The van der Waals surface area contributed by atoms with E-state index in [9.17, 15) is 0 Å². The summed E-state index contributed by atoms with van der Waals surface area (Å²) in [4.78, 5) is 10.5. The molecule has 0 spiro atoms. The van der Waals surface area contributed by atoms with Crippen molar-refractivity contribution in [1.29, 1.82) is 0 Å². The number of furan rings is 1. The molecule has 5 heteroatoms. The van der Waals surface area contributed by atoms with E-state index >= 15 is 0 Å². The molecule has 0 fully saturated rings. The zero-order valence-corrected chi connectivity index (χ0v) is 23.6. The Morgan fingerprint density at radius 2 is 1.21 bits per heavy atom. The van der Waals surface area contributed by atoms with Gasteiger partial charge in [-0.3, -0.25) is 4.57 Å². The molecule has 10 aromatic rings. The van der Waals surface area contributed by atoms with Crippen LogP contribution in [0.25, 0.3) is 92.0 Å². The van der Waals surface area contributed by atoms with E-state index in [2.05, 4.69) is 108 Å². The van der Waals surface area contributed by atoms with Crippen molar-refractivity contribution in [1.82, 2.24) is 14.5 Å². The summed E-state index contributed by atoms with van der Waals surface area (Å²) in [6.07, 6.45) is 0. The van der Waals surface area contributed by atoms with Crippen LogP contribution in [0.4, 0.5) is 0 Å². The quantitative estimate of drug-likeness (QED) is 0.209. The van der Waals surface area contributed by atoms with Crippen molar-refractivity contribution < 1.29 is 4.42 Å². The molecule has 0 saturated carbocycles. The molecule has 0 N–H and O–H groups in total. The standard InChI is InChI=1S/C38H21N3OS/c1-2-12-22(13-3-1)34-32-26-17-7-10-20-29(26)42-37(32)40-38(39-34)41-28-19-9-6-16-25(28)33-35(41)24-15-5-4-14-23(24)31-27-18-8-11-21-30(27)43-36(31)33/h1-21H. The number of benzene rings is 6. The van der Waals surface area contributed by atoms with Gasteiger partial charge in [-0.15, -0.1) is 11.3 Å². The molecule has 200 valence electrons. The van der Waals surface area contributed by atoms with Crippen LogP contribution < -0.4 is 0 Å². The van der Waals surface area contributed by atoms with Gasteiger partial charge >= 0.3 is 0 Å². The first-order chi connectivity index (χ1) is 21.3. The van der Waals surface area contributed by atoms with Crippen molar-refractivity contribution >= 4 is 86.2 Å². The second kappa shape index (κ2) is 8.51. The summed E-state index contributed by atoms with van der Waals surface area (Å²) in [5.74, 6) is 0.599. The number of thiophene rings is 1. The highest BCUT2D eigenvalue weighted by Gasteiger charge is 2.24. The van der Waals surface area contributed by atoms with Gasteiger partial charge in [0.05, 0.1) is 22.1 Å². The van der Waals surface area contributed by atoms with E-state index < -0.39 is 0 Å². The summed E-state index contributed by atoms with van der Waals surface area (Å²) in [5, 5.41) is 9.40. The van der Waals surface area contributed by atoms with Crippen molar-refractivity contribution in [2.75, 3.05) is 0 Å². The van der Waals surface area contributed by atoms with Gasteiger partial charge in [-0.25, -0.2) is 4.98 Å². The number of hydrogen-bond acceptors (Lipinski definition) is 4. The van der Waals surface area contributed by atoms with Gasteiger partial charge in [-0.05, 0) is 23.6 Å². The number of rotatable bonds is 2. The highest BCUT2D eigenvalue weighted by atomic mass is 32.1. The average Bonchev–Trinajstić information content (AvgIpc) is 3.74. The SMILES string of the molecule is c1ccc(-c2nc(-n3c4ccccc4c4c5sc6ccccc6c5c5ccccc5c43)nc3oc4ccccc4c23)cc1.